The van der Waals surface area contributed by atoms with Crippen LogP contribution in [0.15, 0.2) is 24.3 Å². The molecule has 0 fully saturated rings. The molecule has 1 unspecified atom stereocenters. The van der Waals surface area contributed by atoms with Crippen molar-refractivity contribution in [1.29, 1.82) is 0 Å². The quantitative estimate of drug-likeness (QED) is 0.133. The SMILES string of the molecule is CCCCCNC(=O)C(Cc1ccc(OC(COO)COO)cc1)NC(=O)CCC(=O)O. The van der Waals surface area contributed by atoms with Crippen molar-refractivity contribution in [3.8, 4) is 5.75 Å². The van der Waals surface area contributed by atoms with E-state index in [1.165, 1.54) is 0 Å². The maximum Gasteiger partial charge on any atom is 0.303 e. The highest BCUT2D eigenvalue weighted by atomic mass is 17.1. The number of hydrogen-bond donors (Lipinski definition) is 5. The standard InChI is InChI=1S/C21H32N2O9/c1-2-3-4-11-22-21(27)18(23-19(24)9-10-20(25)26)12-15-5-7-16(8-6-15)32-17(13-30-28)14-31-29/h5-8,17-18,28-29H,2-4,9-14H2,1H3,(H,22,27)(H,23,24)(H,25,26). The number of hydrogen-bond acceptors (Lipinski definition) is 8. The lowest BCUT2D eigenvalue weighted by atomic mass is 10.0. The van der Waals surface area contributed by atoms with Crippen LogP contribution in [0.1, 0.15) is 44.6 Å². The number of rotatable bonds is 17. The van der Waals surface area contributed by atoms with E-state index in [4.69, 9.17) is 20.4 Å². The van der Waals surface area contributed by atoms with E-state index >= 15 is 0 Å². The Balaban J connectivity index is 2.77. The molecule has 0 spiro atoms. The first kappa shape index (κ1) is 27.3. The van der Waals surface area contributed by atoms with E-state index in [0.29, 0.717) is 12.3 Å². The topological polar surface area (TPSA) is 164 Å². The van der Waals surface area contributed by atoms with Crippen LogP contribution in [0.25, 0.3) is 0 Å². The molecule has 0 radical (unpaired) electrons. The Kier molecular flexibility index (Phi) is 13.6. The largest absolute Gasteiger partial charge is 0.485 e. The third kappa shape index (κ3) is 11.6. The smallest absolute Gasteiger partial charge is 0.303 e. The maximum atomic E-state index is 12.6. The number of aliphatic carboxylic acids is 1. The van der Waals surface area contributed by atoms with Crippen LogP contribution in [-0.4, -0.2) is 65.3 Å². The molecule has 1 aromatic rings. The molecule has 0 bridgehead atoms. The summed E-state index contributed by atoms with van der Waals surface area (Å²) < 4.78 is 5.52. The van der Waals surface area contributed by atoms with Crippen LogP contribution in [-0.2, 0) is 30.6 Å². The van der Waals surface area contributed by atoms with Crippen molar-refractivity contribution in [2.24, 2.45) is 0 Å². The van der Waals surface area contributed by atoms with Crippen LogP contribution in [0, 0.1) is 0 Å². The lowest BCUT2D eigenvalue weighted by molar-refractivity contribution is -0.286. The Hall–Kier alpha value is -2.73. The van der Waals surface area contributed by atoms with E-state index in [0.717, 1.165) is 24.8 Å². The highest BCUT2D eigenvalue weighted by Crippen LogP contribution is 2.16. The van der Waals surface area contributed by atoms with E-state index in [9.17, 15) is 14.4 Å². The molecular weight excluding hydrogens is 424 g/mol. The van der Waals surface area contributed by atoms with Gasteiger partial charge in [-0.3, -0.25) is 24.9 Å². The van der Waals surface area contributed by atoms with Crippen LogP contribution >= 0.6 is 0 Å². The summed E-state index contributed by atoms with van der Waals surface area (Å²) in [6, 6.07) is 5.79. The number of ether oxygens (including phenoxy) is 1. The lowest BCUT2D eigenvalue weighted by Crippen LogP contribution is -2.48. The number of benzene rings is 1. The monoisotopic (exact) mass is 456 g/mol. The zero-order valence-corrected chi connectivity index (χ0v) is 18.1. The van der Waals surface area contributed by atoms with E-state index in [1.54, 1.807) is 24.3 Å². The highest BCUT2D eigenvalue weighted by Gasteiger charge is 2.21. The van der Waals surface area contributed by atoms with Crippen molar-refractivity contribution >= 4 is 17.8 Å². The van der Waals surface area contributed by atoms with Gasteiger partial charge in [-0.2, -0.15) is 0 Å². The van der Waals surface area contributed by atoms with E-state index in [2.05, 4.69) is 27.3 Å². The number of amides is 2. The first-order chi connectivity index (χ1) is 15.4. The molecule has 5 N–H and O–H groups in total. The van der Waals surface area contributed by atoms with Gasteiger partial charge in [0.25, 0.3) is 0 Å². The third-order valence-corrected chi connectivity index (χ3v) is 4.48. The molecule has 0 aliphatic carbocycles. The minimum atomic E-state index is -1.09. The van der Waals surface area contributed by atoms with Crippen LogP contribution in [0.2, 0.25) is 0 Å². The highest BCUT2D eigenvalue weighted by molar-refractivity contribution is 5.88. The third-order valence-electron chi connectivity index (χ3n) is 4.48. The average molecular weight is 456 g/mol. The van der Waals surface area contributed by atoms with Gasteiger partial charge < -0.3 is 20.5 Å². The van der Waals surface area contributed by atoms with Crippen molar-refractivity contribution in [1.82, 2.24) is 10.6 Å². The summed E-state index contributed by atoms with van der Waals surface area (Å²) in [5.74, 6) is -1.53. The van der Waals surface area contributed by atoms with E-state index in [1.807, 2.05) is 0 Å². The Labute approximate surface area is 186 Å². The molecule has 11 nitrogen and oxygen atoms in total. The Morgan fingerprint density at radius 2 is 1.66 bits per heavy atom. The number of unbranched alkanes of at least 4 members (excludes halogenated alkanes) is 2. The van der Waals surface area contributed by atoms with Gasteiger partial charge in [0.1, 0.15) is 25.0 Å². The lowest BCUT2D eigenvalue weighted by Gasteiger charge is -2.19. The first-order valence-electron chi connectivity index (χ1n) is 10.5. The number of nitrogens with one attached hydrogen (secondary N) is 2. The molecule has 180 valence electrons. The normalized spacial score (nSPS) is 11.8. The van der Waals surface area contributed by atoms with E-state index < -0.39 is 24.0 Å². The Bertz CT molecular complexity index is 691. The second kappa shape index (κ2) is 16.0. The minimum absolute atomic E-state index is 0.196. The summed E-state index contributed by atoms with van der Waals surface area (Å²) in [6.45, 7) is 2.11. The van der Waals surface area contributed by atoms with Crippen molar-refractivity contribution in [3.05, 3.63) is 29.8 Å². The fraction of sp³-hybridized carbons (Fsp3) is 0.571. The van der Waals surface area contributed by atoms with Crippen LogP contribution < -0.4 is 15.4 Å². The van der Waals surface area contributed by atoms with Gasteiger partial charge in [-0.05, 0) is 24.1 Å². The number of carbonyl (C=O) groups is 3. The first-order valence-corrected chi connectivity index (χ1v) is 10.5. The Morgan fingerprint density at radius 1 is 1.00 bits per heavy atom. The fourth-order valence-electron chi connectivity index (χ4n) is 2.82. The molecule has 0 saturated carbocycles. The molecule has 1 atom stereocenters. The average Bonchev–Trinajstić information content (AvgIpc) is 2.76. The summed E-state index contributed by atoms with van der Waals surface area (Å²) in [4.78, 5) is 43.4. The van der Waals surface area contributed by atoms with E-state index in [-0.39, 0.29) is 38.4 Å². The molecule has 0 aliphatic heterocycles. The zero-order valence-electron chi connectivity index (χ0n) is 18.1. The van der Waals surface area contributed by atoms with Crippen LogP contribution in [0.3, 0.4) is 0 Å². The number of carbonyl (C=O) groups excluding carboxylic acids is 2. The zero-order chi connectivity index (χ0) is 23.8. The summed E-state index contributed by atoms with van der Waals surface area (Å²) in [5, 5.41) is 31.3. The van der Waals surface area contributed by atoms with Crippen molar-refractivity contribution in [2.75, 3.05) is 19.8 Å². The molecule has 32 heavy (non-hydrogen) atoms. The molecule has 0 saturated heterocycles. The second-order valence-corrected chi connectivity index (χ2v) is 7.19. The van der Waals surface area contributed by atoms with Gasteiger partial charge in [0.2, 0.25) is 11.8 Å². The van der Waals surface area contributed by atoms with Crippen molar-refractivity contribution in [2.45, 2.75) is 57.6 Å². The maximum absolute atomic E-state index is 12.6. The summed E-state index contributed by atoms with van der Waals surface area (Å²) in [6.07, 6.45) is 1.72. The van der Waals surface area contributed by atoms with Gasteiger partial charge >= 0.3 is 5.97 Å². The molecule has 0 aromatic heterocycles. The molecular formula is C21H32N2O9. The second-order valence-electron chi connectivity index (χ2n) is 7.19. The van der Waals surface area contributed by atoms with Gasteiger partial charge in [-0.1, -0.05) is 31.9 Å². The van der Waals surface area contributed by atoms with Crippen LogP contribution in [0.5, 0.6) is 5.75 Å². The molecule has 11 heteroatoms. The van der Waals surface area contributed by atoms with Gasteiger partial charge in [0.15, 0.2) is 6.10 Å². The predicted octanol–water partition coefficient (Wildman–Crippen LogP) is 1.61. The molecule has 1 aromatic carbocycles. The molecule has 0 heterocycles. The summed E-state index contributed by atoms with van der Waals surface area (Å²) in [7, 11) is 0. The van der Waals surface area contributed by atoms with Gasteiger partial charge in [0, 0.05) is 19.4 Å². The number of carboxylic acid groups (broad SMARTS) is 1. The minimum Gasteiger partial charge on any atom is -0.485 e. The molecule has 1 rings (SSSR count). The van der Waals surface area contributed by atoms with Gasteiger partial charge in [0.05, 0.1) is 6.42 Å². The van der Waals surface area contributed by atoms with Crippen LogP contribution in [0.4, 0.5) is 0 Å². The summed E-state index contributed by atoms with van der Waals surface area (Å²) >= 11 is 0. The molecule has 2 amide bonds. The van der Waals surface area contributed by atoms with Gasteiger partial charge in [-0.25, -0.2) is 9.78 Å². The number of carboxylic acids is 1. The van der Waals surface area contributed by atoms with Crippen molar-refractivity contribution in [3.63, 3.8) is 0 Å². The summed E-state index contributed by atoms with van der Waals surface area (Å²) in [5.41, 5.74) is 0.734. The molecule has 0 aliphatic rings. The fourth-order valence-corrected chi connectivity index (χ4v) is 2.82. The van der Waals surface area contributed by atoms with Crippen molar-refractivity contribution < 1.29 is 44.5 Å². The Morgan fingerprint density at radius 3 is 2.22 bits per heavy atom. The predicted molar refractivity (Wildman–Crippen MR) is 113 cm³/mol. The van der Waals surface area contributed by atoms with Gasteiger partial charge in [-0.15, -0.1) is 0 Å².